The number of para-hydroxylation sites is 1. The highest BCUT2D eigenvalue weighted by molar-refractivity contribution is 14.0. The van der Waals surface area contributed by atoms with Crippen LogP contribution >= 0.6 is 24.0 Å². The van der Waals surface area contributed by atoms with E-state index in [1.54, 1.807) is 62.5 Å². The van der Waals surface area contributed by atoms with Gasteiger partial charge < -0.3 is 15.4 Å². The van der Waals surface area contributed by atoms with Crippen molar-refractivity contribution in [3.8, 4) is 5.75 Å². The smallest absolute Gasteiger partial charge is 0.191 e. The molecule has 0 saturated carbocycles. The summed E-state index contributed by atoms with van der Waals surface area (Å²) in [4.78, 5) is 4.34. The maximum absolute atomic E-state index is 13.6. The molecule has 0 heterocycles. The number of hydrogen-bond acceptors (Lipinski definition) is 4. The molecular formula is C19H25FIN3O3S. The van der Waals surface area contributed by atoms with Crippen LogP contribution in [0.5, 0.6) is 5.75 Å². The Kier molecular flexibility index (Phi) is 10.2. The second kappa shape index (κ2) is 11.8. The molecule has 2 rings (SSSR count). The monoisotopic (exact) mass is 521 g/mol. The van der Waals surface area contributed by atoms with Gasteiger partial charge in [0.2, 0.25) is 0 Å². The van der Waals surface area contributed by atoms with Crippen molar-refractivity contribution < 1.29 is 17.5 Å². The fraction of sp³-hybridized carbons (Fsp3) is 0.316. The van der Waals surface area contributed by atoms with Crippen molar-refractivity contribution in [3.05, 3.63) is 60.4 Å². The minimum atomic E-state index is -3.35. The molecule has 6 nitrogen and oxygen atoms in total. The van der Waals surface area contributed by atoms with E-state index in [2.05, 4.69) is 15.6 Å². The average molecular weight is 521 g/mol. The molecule has 0 saturated heterocycles. The molecule has 0 amide bonds. The predicted octanol–water partition coefficient (Wildman–Crippen LogP) is 2.85. The lowest BCUT2D eigenvalue weighted by Crippen LogP contribution is -2.43. The van der Waals surface area contributed by atoms with E-state index in [1.165, 1.54) is 6.07 Å². The van der Waals surface area contributed by atoms with E-state index in [0.717, 1.165) is 0 Å². The highest BCUT2D eigenvalue weighted by atomic mass is 127. The molecule has 0 bridgehead atoms. The van der Waals surface area contributed by atoms with Gasteiger partial charge in [-0.25, -0.2) is 12.8 Å². The van der Waals surface area contributed by atoms with Crippen molar-refractivity contribution in [2.24, 2.45) is 4.99 Å². The first-order valence-electron chi connectivity index (χ1n) is 8.56. The largest absolute Gasteiger partial charge is 0.486 e. The fourth-order valence-corrected chi connectivity index (χ4v) is 3.49. The topological polar surface area (TPSA) is 79.8 Å². The van der Waals surface area contributed by atoms with Gasteiger partial charge >= 0.3 is 0 Å². The van der Waals surface area contributed by atoms with Crippen LogP contribution < -0.4 is 15.4 Å². The number of nitrogens with zero attached hydrogens (tertiary/aromatic N) is 1. The van der Waals surface area contributed by atoms with Crippen LogP contribution in [0.2, 0.25) is 0 Å². The zero-order valence-corrected chi connectivity index (χ0v) is 18.9. The Balaban J connectivity index is 0.00000392. The number of sulfone groups is 1. The zero-order chi connectivity index (χ0) is 19.7. The number of rotatable bonds is 8. The van der Waals surface area contributed by atoms with E-state index in [-0.39, 0.29) is 48.1 Å². The van der Waals surface area contributed by atoms with Gasteiger partial charge in [0.25, 0.3) is 0 Å². The number of aliphatic imine (C=N–C) groups is 1. The molecule has 0 radical (unpaired) electrons. The van der Waals surface area contributed by atoms with Crippen molar-refractivity contribution in [2.45, 2.75) is 17.9 Å². The molecule has 9 heteroatoms. The van der Waals surface area contributed by atoms with E-state index in [1.807, 2.05) is 0 Å². The third-order valence-corrected chi connectivity index (χ3v) is 5.44. The van der Waals surface area contributed by atoms with Gasteiger partial charge in [0.1, 0.15) is 6.10 Å². The molecule has 154 valence electrons. The molecule has 2 aromatic rings. The quantitative estimate of drug-likeness (QED) is 0.318. The number of hydrogen-bond donors (Lipinski definition) is 2. The van der Waals surface area contributed by atoms with Crippen LogP contribution in [0.3, 0.4) is 0 Å². The zero-order valence-electron chi connectivity index (χ0n) is 15.8. The standard InChI is InChI=1S/C19H24FN3O3S.HI/c1-15(26-18-11-7-6-10-17(18)20)14-23-19(21-2)22-12-13-27(24,25)16-8-4-3-5-9-16;/h3-11,15H,12-14H2,1-2H3,(H2,21,22,23);1H. The molecule has 1 atom stereocenters. The van der Waals surface area contributed by atoms with Gasteiger partial charge in [0.15, 0.2) is 27.4 Å². The van der Waals surface area contributed by atoms with E-state index >= 15 is 0 Å². The molecule has 0 aliphatic heterocycles. The highest BCUT2D eigenvalue weighted by Gasteiger charge is 2.14. The number of guanidine groups is 1. The molecule has 0 aliphatic carbocycles. The molecular weight excluding hydrogens is 496 g/mol. The molecule has 0 fully saturated rings. The van der Waals surface area contributed by atoms with Gasteiger partial charge in [0, 0.05) is 13.6 Å². The summed E-state index contributed by atoms with van der Waals surface area (Å²) >= 11 is 0. The van der Waals surface area contributed by atoms with Crippen LogP contribution in [0, 0.1) is 5.82 Å². The first-order valence-corrected chi connectivity index (χ1v) is 10.2. The number of halogens is 2. The third kappa shape index (κ3) is 7.63. The van der Waals surface area contributed by atoms with Crippen molar-refractivity contribution in [2.75, 3.05) is 25.9 Å². The summed E-state index contributed by atoms with van der Waals surface area (Å²) in [5.74, 6) is 0.155. The van der Waals surface area contributed by atoms with E-state index in [4.69, 9.17) is 4.74 Å². The molecule has 1 unspecified atom stereocenters. The predicted molar refractivity (Wildman–Crippen MR) is 120 cm³/mol. The minimum absolute atomic E-state index is 0. The van der Waals surface area contributed by atoms with Crippen molar-refractivity contribution in [1.82, 2.24) is 10.6 Å². The molecule has 0 aromatic heterocycles. The van der Waals surface area contributed by atoms with Gasteiger partial charge in [-0.3, -0.25) is 4.99 Å². The summed E-state index contributed by atoms with van der Waals surface area (Å²) in [6.07, 6.45) is -0.312. The summed E-state index contributed by atoms with van der Waals surface area (Å²) in [6, 6.07) is 14.5. The molecule has 2 aromatic carbocycles. The van der Waals surface area contributed by atoms with Crippen LogP contribution in [0.1, 0.15) is 6.92 Å². The Morgan fingerprint density at radius 1 is 1.11 bits per heavy atom. The summed E-state index contributed by atoms with van der Waals surface area (Å²) in [5, 5.41) is 5.99. The van der Waals surface area contributed by atoms with Crippen LogP contribution in [0.25, 0.3) is 0 Å². The Morgan fingerprint density at radius 2 is 1.75 bits per heavy atom. The summed E-state index contributed by atoms with van der Waals surface area (Å²) in [5.41, 5.74) is 0. The van der Waals surface area contributed by atoms with Gasteiger partial charge in [-0.1, -0.05) is 30.3 Å². The highest BCUT2D eigenvalue weighted by Crippen LogP contribution is 2.16. The Morgan fingerprint density at radius 3 is 2.39 bits per heavy atom. The number of ether oxygens (including phenoxy) is 1. The SMILES string of the molecule is CN=C(NCCS(=O)(=O)c1ccccc1)NCC(C)Oc1ccccc1F.I. The maximum atomic E-state index is 13.6. The van der Waals surface area contributed by atoms with E-state index < -0.39 is 15.7 Å². The minimum Gasteiger partial charge on any atom is -0.486 e. The van der Waals surface area contributed by atoms with E-state index in [9.17, 15) is 12.8 Å². The van der Waals surface area contributed by atoms with Gasteiger partial charge in [-0.15, -0.1) is 24.0 Å². The van der Waals surface area contributed by atoms with Crippen molar-refractivity contribution >= 4 is 39.8 Å². The molecule has 28 heavy (non-hydrogen) atoms. The van der Waals surface area contributed by atoms with Crippen LogP contribution in [0.4, 0.5) is 4.39 Å². The normalized spacial score (nSPS) is 12.6. The first-order chi connectivity index (χ1) is 12.9. The van der Waals surface area contributed by atoms with Crippen molar-refractivity contribution in [3.63, 3.8) is 0 Å². The summed E-state index contributed by atoms with van der Waals surface area (Å²) in [7, 11) is -1.77. The fourth-order valence-electron chi connectivity index (χ4n) is 2.31. The van der Waals surface area contributed by atoms with Crippen LogP contribution in [-0.4, -0.2) is 46.4 Å². The second-order valence-corrected chi connectivity index (χ2v) is 7.98. The molecule has 2 N–H and O–H groups in total. The lowest BCUT2D eigenvalue weighted by atomic mass is 10.3. The summed E-state index contributed by atoms with van der Waals surface area (Å²) < 4.78 is 43.6. The first kappa shape index (κ1) is 24.2. The Labute approximate surface area is 182 Å². The third-order valence-electron chi connectivity index (χ3n) is 3.71. The number of nitrogens with one attached hydrogen (secondary N) is 2. The van der Waals surface area contributed by atoms with Gasteiger partial charge in [0.05, 0.1) is 17.2 Å². The second-order valence-electron chi connectivity index (χ2n) is 5.87. The average Bonchev–Trinajstić information content (AvgIpc) is 2.67. The van der Waals surface area contributed by atoms with Gasteiger partial charge in [-0.2, -0.15) is 0 Å². The Bertz CT molecular complexity index is 864. The maximum Gasteiger partial charge on any atom is 0.191 e. The molecule has 0 aliphatic rings. The lowest BCUT2D eigenvalue weighted by Gasteiger charge is -2.18. The van der Waals surface area contributed by atoms with Gasteiger partial charge in [-0.05, 0) is 31.2 Å². The summed E-state index contributed by atoms with van der Waals surface area (Å²) in [6.45, 7) is 2.38. The molecule has 0 spiro atoms. The van der Waals surface area contributed by atoms with Crippen LogP contribution in [-0.2, 0) is 9.84 Å². The van der Waals surface area contributed by atoms with Crippen LogP contribution in [0.15, 0.2) is 64.5 Å². The van der Waals surface area contributed by atoms with E-state index in [0.29, 0.717) is 17.4 Å². The Hall–Kier alpha value is -1.88. The number of benzene rings is 2. The lowest BCUT2D eigenvalue weighted by molar-refractivity contribution is 0.214. The van der Waals surface area contributed by atoms with Crippen molar-refractivity contribution in [1.29, 1.82) is 0 Å².